The zero-order valence-corrected chi connectivity index (χ0v) is 15.5. The van der Waals surface area contributed by atoms with Crippen molar-refractivity contribution in [2.45, 2.75) is 38.7 Å². The number of thiophene rings is 1. The van der Waals surface area contributed by atoms with Crippen molar-refractivity contribution >= 4 is 34.6 Å². The minimum atomic E-state index is -0.518. The zero-order valence-electron chi connectivity index (χ0n) is 14.0. The van der Waals surface area contributed by atoms with Crippen LogP contribution in [-0.2, 0) is 9.63 Å². The van der Waals surface area contributed by atoms with E-state index in [9.17, 15) is 4.79 Å². The predicted molar refractivity (Wildman–Crippen MR) is 97.8 cm³/mol. The Morgan fingerprint density at radius 3 is 3.17 bits per heavy atom. The van der Waals surface area contributed by atoms with Gasteiger partial charge in [0.2, 0.25) is 6.10 Å². The van der Waals surface area contributed by atoms with Crippen molar-refractivity contribution in [2.75, 3.05) is 26.2 Å². The molecule has 3 heterocycles. The van der Waals surface area contributed by atoms with Gasteiger partial charge in [0, 0.05) is 19.5 Å². The van der Waals surface area contributed by atoms with Crippen molar-refractivity contribution in [2.24, 2.45) is 11.1 Å². The summed E-state index contributed by atoms with van der Waals surface area (Å²) in [6, 6.07) is 3.74. The molecule has 7 heteroatoms. The Morgan fingerprint density at radius 1 is 1.54 bits per heavy atom. The second-order valence-electron chi connectivity index (χ2n) is 6.63. The van der Waals surface area contributed by atoms with Crippen LogP contribution in [0.4, 0.5) is 0 Å². The number of likely N-dealkylation sites (tertiary alicyclic amines) is 1. The lowest BCUT2D eigenvalue weighted by Gasteiger charge is -2.30. The van der Waals surface area contributed by atoms with E-state index in [2.05, 4.69) is 22.3 Å². The molecule has 0 radical (unpaired) electrons. The summed E-state index contributed by atoms with van der Waals surface area (Å²) in [4.78, 5) is 20.9. The maximum absolute atomic E-state index is 12.2. The Morgan fingerprint density at radius 2 is 2.42 bits per heavy atom. The first kappa shape index (κ1) is 17.7. The average molecular weight is 370 g/mol. The van der Waals surface area contributed by atoms with Crippen molar-refractivity contribution in [3.63, 3.8) is 0 Å². The highest BCUT2D eigenvalue weighted by Gasteiger charge is 2.29. The number of carbonyl (C=O) groups excluding carboxylic acids is 1. The van der Waals surface area contributed by atoms with Gasteiger partial charge in [-0.25, -0.2) is 0 Å². The number of hydrogen-bond donors (Lipinski definition) is 1. The van der Waals surface area contributed by atoms with Crippen LogP contribution < -0.4 is 5.32 Å². The molecule has 3 rings (SSSR count). The molecule has 132 valence electrons. The summed E-state index contributed by atoms with van der Waals surface area (Å²) in [5, 5.41) is 7.00. The number of carbonyl (C=O) groups is 1. The molecule has 1 N–H and O–H groups in total. The number of oxime groups is 1. The van der Waals surface area contributed by atoms with Crippen molar-refractivity contribution in [1.82, 2.24) is 10.2 Å². The Hall–Kier alpha value is -1.11. The van der Waals surface area contributed by atoms with Crippen molar-refractivity contribution in [1.29, 1.82) is 0 Å². The first-order chi connectivity index (χ1) is 11.6. The van der Waals surface area contributed by atoms with Crippen LogP contribution in [0.5, 0.6) is 0 Å². The van der Waals surface area contributed by atoms with Gasteiger partial charge < -0.3 is 15.1 Å². The second-order valence-corrected chi connectivity index (χ2v) is 8.35. The number of hydrogen-bond acceptors (Lipinski definition) is 5. The Labute approximate surface area is 152 Å². The molecule has 0 spiro atoms. The predicted octanol–water partition coefficient (Wildman–Crippen LogP) is 3.13. The summed E-state index contributed by atoms with van der Waals surface area (Å²) in [6.07, 6.45) is 3.59. The summed E-state index contributed by atoms with van der Waals surface area (Å²) in [7, 11) is 0. The molecule has 0 unspecified atom stereocenters. The fourth-order valence-electron chi connectivity index (χ4n) is 3.25. The maximum Gasteiger partial charge on any atom is 0.264 e. The Balaban J connectivity index is 1.34. The first-order valence-electron chi connectivity index (χ1n) is 8.60. The largest absolute Gasteiger partial charge is 0.382 e. The molecule has 0 saturated carbocycles. The topological polar surface area (TPSA) is 53.9 Å². The van der Waals surface area contributed by atoms with Crippen molar-refractivity contribution in [3.05, 3.63) is 21.3 Å². The number of nitrogens with one attached hydrogen (secondary N) is 1. The van der Waals surface area contributed by atoms with Gasteiger partial charge in [0.25, 0.3) is 5.91 Å². The third-order valence-electron chi connectivity index (χ3n) is 4.51. The summed E-state index contributed by atoms with van der Waals surface area (Å²) in [6.45, 7) is 6.41. The smallest absolute Gasteiger partial charge is 0.264 e. The highest BCUT2D eigenvalue weighted by molar-refractivity contribution is 7.18. The van der Waals surface area contributed by atoms with E-state index >= 15 is 0 Å². The number of rotatable bonds is 6. The van der Waals surface area contributed by atoms with E-state index in [-0.39, 0.29) is 5.91 Å². The summed E-state index contributed by atoms with van der Waals surface area (Å²) in [5.74, 6) is 0.713. The van der Waals surface area contributed by atoms with Gasteiger partial charge >= 0.3 is 0 Å². The molecule has 1 fully saturated rings. The number of nitrogens with zero attached hydrogens (tertiary/aromatic N) is 2. The molecule has 24 heavy (non-hydrogen) atoms. The van der Waals surface area contributed by atoms with Crippen LogP contribution in [0, 0.1) is 5.92 Å². The Kier molecular flexibility index (Phi) is 6.14. The van der Waals surface area contributed by atoms with Gasteiger partial charge in [-0.3, -0.25) is 4.79 Å². The van der Waals surface area contributed by atoms with Gasteiger partial charge in [-0.15, -0.1) is 11.3 Å². The monoisotopic (exact) mass is 369 g/mol. The molecular weight excluding hydrogens is 346 g/mol. The van der Waals surface area contributed by atoms with Crippen LogP contribution in [0.1, 0.15) is 37.5 Å². The quantitative estimate of drug-likeness (QED) is 0.784. The van der Waals surface area contributed by atoms with Crippen LogP contribution in [0.2, 0.25) is 4.34 Å². The molecule has 1 aromatic heterocycles. The second kappa shape index (κ2) is 8.32. The molecule has 0 aromatic carbocycles. The summed E-state index contributed by atoms with van der Waals surface area (Å²) >= 11 is 7.39. The lowest BCUT2D eigenvalue weighted by atomic mass is 10.0. The minimum absolute atomic E-state index is 0.0802. The molecule has 0 aliphatic carbocycles. The van der Waals surface area contributed by atoms with Crippen LogP contribution in [0.3, 0.4) is 0 Å². The van der Waals surface area contributed by atoms with E-state index in [1.165, 1.54) is 37.3 Å². The third-order valence-corrected chi connectivity index (χ3v) is 5.79. The average Bonchev–Trinajstić information content (AvgIpc) is 3.20. The minimum Gasteiger partial charge on any atom is -0.382 e. The van der Waals surface area contributed by atoms with E-state index in [0.717, 1.165) is 29.5 Å². The Bertz CT molecular complexity index is 604. The van der Waals surface area contributed by atoms with Gasteiger partial charge in [0.15, 0.2) is 0 Å². The molecule has 1 saturated heterocycles. The van der Waals surface area contributed by atoms with Gasteiger partial charge in [-0.1, -0.05) is 23.7 Å². The lowest BCUT2D eigenvalue weighted by molar-refractivity contribution is -0.131. The first-order valence-corrected chi connectivity index (χ1v) is 9.79. The summed E-state index contributed by atoms with van der Waals surface area (Å²) in [5.41, 5.74) is 0.800. The number of halogens is 1. The fourth-order valence-corrected chi connectivity index (χ4v) is 4.28. The molecule has 1 amide bonds. The van der Waals surface area contributed by atoms with Gasteiger partial charge in [0.1, 0.15) is 5.71 Å². The van der Waals surface area contributed by atoms with Crippen molar-refractivity contribution < 1.29 is 9.63 Å². The number of piperidine rings is 1. The molecule has 2 aliphatic rings. The van der Waals surface area contributed by atoms with E-state index in [1.807, 2.05) is 12.1 Å². The maximum atomic E-state index is 12.2. The van der Waals surface area contributed by atoms with Gasteiger partial charge in [-0.05, 0) is 50.4 Å². The van der Waals surface area contributed by atoms with E-state index in [1.54, 1.807) is 0 Å². The molecule has 1 aromatic rings. The molecule has 2 atom stereocenters. The zero-order chi connectivity index (χ0) is 16.9. The standard InChI is InChI=1S/C17H24ClN3O2S/c1-12-4-2-8-21(11-12)9-3-7-19-17(22)14-10-13(20-23-14)15-5-6-16(18)24-15/h5-6,12,14H,2-4,7-11H2,1H3,(H,19,22)/t12-,14+/m0/s1. The highest BCUT2D eigenvalue weighted by atomic mass is 35.5. The fraction of sp³-hybridized carbons (Fsp3) is 0.647. The van der Waals surface area contributed by atoms with Crippen LogP contribution >= 0.6 is 22.9 Å². The van der Waals surface area contributed by atoms with Crippen LogP contribution in [0.15, 0.2) is 17.3 Å². The normalized spacial score (nSPS) is 24.5. The number of amides is 1. The van der Waals surface area contributed by atoms with Crippen LogP contribution in [-0.4, -0.2) is 48.8 Å². The van der Waals surface area contributed by atoms with Crippen molar-refractivity contribution in [3.8, 4) is 0 Å². The van der Waals surface area contributed by atoms with E-state index in [0.29, 0.717) is 17.3 Å². The SMILES string of the molecule is C[C@H]1CCCN(CCCNC(=O)[C@H]2CC(c3ccc(Cl)s3)=NO2)C1. The van der Waals surface area contributed by atoms with Gasteiger partial charge in [0.05, 0.1) is 9.21 Å². The van der Waals surface area contributed by atoms with Crippen LogP contribution in [0.25, 0.3) is 0 Å². The van der Waals surface area contributed by atoms with E-state index < -0.39 is 6.10 Å². The molecule has 5 nitrogen and oxygen atoms in total. The lowest BCUT2D eigenvalue weighted by Crippen LogP contribution is -2.38. The van der Waals surface area contributed by atoms with Gasteiger partial charge in [-0.2, -0.15) is 0 Å². The highest BCUT2D eigenvalue weighted by Crippen LogP contribution is 2.26. The third kappa shape index (κ3) is 4.71. The summed E-state index contributed by atoms with van der Waals surface area (Å²) < 4.78 is 0.715. The molecule has 0 bridgehead atoms. The van der Waals surface area contributed by atoms with E-state index in [4.69, 9.17) is 16.4 Å². The molecule has 2 aliphatic heterocycles. The molecular formula is C17H24ClN3O2S.